The molecule has 2 amide bonds. The van der Waals surface area contributed by atoms with E-state index in [0.717, 1.165) is 4.90 Å². The molecule has 5 nitrogen and oxygen atoms in total. The van der Waals surface area contributed by atoms with Gasteiger partial charge < -0.3 is 20.4 Å². The summed E-state index contributed by atoms with van der Waals surface area (Å²) in [4.78, 5) is 13.0. The van der Waals surface area contributed by atoms with Crippen LogP contribution in [0.1, 0.15) is 6.92 Å². The van der Waals surface area contributed by atoms with Crippen LogP contribution in [0, 0.1) is 5.92 Å². The summed E-state index contributed by atoms with van der Waals surface area (Å²) in [7, 11) is 0. The van der Waals surface area contributed by atoms with Crippen LogP contribution in [0.3, 0.4) is 0 Å². The number of hydrogen-bond donors (Lipinski definition) is 3. The molecule has 0 aromatic rings. The molecule has 1 heterocycles. The van der Waals surface area contributed by atoms with Crippen LogP contribution in [0.15, 0.2) is 36.6 Å². The van der Waals surface area contributed by atoms with E-state index < -0.39 is 30.6 Å². The number of amides is 2. The molecule has 0 saturated carbocycles. The number of alkyl halides is 2. The summed E-state index contributed by atoms with van der Waals surface area (Å²) in [5.74, 6) is -1.47. The first-order chi connectivity index (χ1) is 9.86. The van der Waals surface area contributed by atoms with Crippen molar-refractivity contribution >= 4 is 6.03 Å². The second-order valence-corrected chi connectivity index (χ2v) is 4.80. The fraction of sp³-hybridized carbons (Fsp3) is 0.500. The van der Waals surface area contributed by atoms with Gasteiger partial charge in [0, 0.05) is 12.2 Å². The van der Waals surface area contributed by atoms with Crippen molar-refractivity contribution in [2.45, 2.75) is 25.6 Å². The lowest BCUT2D eigenvalue weighted by atomic mass is 9.93. The Labute approximate surface area is 122 Å². The summed E-state index contributed by atoms with van der Waals surface area (Å²) >= 11 is 0. The Bertz CT molecular complexity index is 438. The zero-order valence-corrected chi connectivity index (χ0v) is 11.7. The number of nitrogens with one attached hydrogen (secondary N) is 1. The molecule has 7 heteroatoms. The van der Waals surface area contributed by atoms with Crippen LogP contribution < -0.4 is 5.32 Å². The summed E-state index contributed by atoms with van der Waals surface area (Å²) in [6, 6.07) is -0.637. The predicted octanol–water partition coefficient (Wildman–Crippen LogP) is 1.26. The highest BCUT2D eigenvalue weighted by Gasteiger charge is 2.41. The summed E-state index contributed by atoms with van der Waals surface area (Å²) in [6.07, 6.45) is 1.01. The number of β-amino-alcohol motifs (C(OH)–C–C–N with tert-alkyl or cyclic N) is 1. The summed E-state index contributed by atoms with van der Waals surface area (Å²) in [5, 5.41) is 21.5. The van der Waals surface area contributed by atoms with Crippen LogP contribution >= 0.6 is 0 Å². The number of aliphatic hydroxyl groups excluding tert-OH is 2. The lowest BCUT2D eigenvalue weighted by Crippen LogP contribution is -2.57. The van der Waals surface area contributed by atoms with E-state index in [-0.39, 0.29) is 13.1 Å². The van der Waals surface area contributed by atoms with Crippen LogP contribution in [0.4, 0.5) is 13.6 Å². The average Bonchev–Trinajstić information content (AvgIpc) is 2.41. The van der Waals surface area contributed by atoms with Crippen LogP contribution in [0.5, 0.6) is 0 Å². The second-order valence-electron chi connectivity index (χ2n) is 4.80. The van der Waals surface area contributed by atoms with Gasteiger partial charge in [-0.25, -0.2) is 13.6 Å². The Morgan fingerprint density at radius 1 is 1.38 bits per heavy atom. The standard InChI is InChI=1S/C14H20F2N2O3/c1-3-4-5-6-9(2)17-14(21)18-7-10(13(15)16)12(20)11(19)8-18/h3-6,10-13,19-20H,2,7-8H2,1H3,(H,17,21)/b4-3-,6-5-/t10-,11+,12+/m0/s1. The number of piperidine rings is 1. The van der Waals surface area contributed by atoms with Crippen molar-refractivity contribution in [3.63, 3.8) is 0 Å². The van der Waals surface area contributed by atoms with E-state index >= 15 is 0 Å². The van der Waals surface area contributed by atoms with E-state index in [1.807, 2.05) is 6.92 Å². The van der Waals surface area contributed by atoms with Crippen LogP contribution in [-0.4, -0.2) is 52.9 Å². The molecule has 1 aliphatic heterocycles. The van der Waals surface area contributed by atoms with Crippen molar-refractivity contribution in [1.29, 1.82) is 0 Å². The molecule has 3 N–H and O–H groups in total. The molecule has 1 rings (SSSR count). The molecule has 0 spiro atoms. The number of rotatable bonds is 4. The first-order valence-corrected chi connectivity index (χ1v) is 6.55. The first kappa shape index (κ1) is 17.3. The molecule has 1 saturated heterocycles. The van der Waals surface area contributed by atoms with Crippen molar-refractivity contribution in [1.82, 2.24) is 10.2 Å². The van der Waals surface area contributed by atoms with Gasteiger partial charge in [0.05, 0.1) is 24.7 Å². The van der Waals surface area contributed by atoms with Gasteiger partial charge in [-0.1, -0.05) is 24.8 Å². The van der Waals surface area contributed by atoms with Gasteiger partial charge in [0.25, 0.3) is 0 Å². The Hall–Kier alpha value is -1.73. The maximum Gasteiger partial charge on any atom is 0.321 e. The van der Waals surface area contributed by atoms with E-state index in [4.69, 9.17) is 0 Å². The van der Waals surface area contributed by atoms with Gasteiger partial charge in [0.15, 0.2) is 0 Å². The SMILES string of the molecule is C=C(/C=C\C=C/C)NC(=O)N1C[C@@H](O)[C@H](O)[C@@H](C(F)F)C1. The smallest absolute Gasteiger partial charge is 0.321 e. The lowest BCUT2D eigenvalue weighted by molar-refractivity contribution is -0.107. The van der Waals surface area contributed by atoms with E-state index in [9.17, 15) is 23.8 Å². The summed E-state index contributed by atoms with van der Waals surface area (Å²) in [5.41, 5.74) is 0.298. The third-order valence-electron chi connectivity index (χ3n) is 3.15. The second kappa shape index (κ2) is 7.90. The predicted molar refractivity (Wildman–Crippen MR) is 74.7 cm³/mol. The van der Waals surface area contributed by atoms with Gasteiger partial charge in [0.1, 0.15) is 0 Å². The Kier molecular flexibility index (Phi) is 6.51. The van der Waals surface area contributed by atoms with Crippen molar-refractivity contribution in [2.75, 3.05) is 13.1 Å². The van der Waals surface area contributed by atoms with Gasteiger partial charge in [-0.2, -0.15) is 0 Å². The molecule has 0 bridgehead atoms. The number of carbonyl (C=O) groups is 1. The Morgan fingerprint density at radius 2 is 2.05 bits per heavy atom. The minimum Gasteiger partial charge on any atom is -0.390 e. The number of halogens is 2. The third kappa shape index (κ3) is 4.95. The van der Waals surface area contributed by atoms with E-state index in [1.54, 1.807) is 24.3 Å². The monoisotopic (exact) mass is 302 g/mol. The highest BCUT2D eigenvalue weighted by molar-refractivity contribution is 5.76. The van der Waals surface area contributed by atoms with E-state index in [0.29, 0.717) is 5.70 Å². The molecule has 0 aromatic carbocycles. The molecule has 0 aromatic heterocycles. The Balaban J connectivity index is 2.63. The van der Waals surface area contributed by atoms with Crippen molar-refractivity contribution in [2.24, 2.45) is 5.92 Å². The van der Waals surface area contributed by atoms with Gasteiger partial charge >= 0.3 is 6.03 Å². The number of hydrogen-bond acceptors (Lipinski definition) is 3. The first-order valence-electron chi connectivity index (χ1n) is 6.55. The van der Waals surface area contributed by atoms with Crippen molar-refractivity contribution in [3.05, 3.63) is 36.6 Å². The largest absolute Gasteiger partial charge is 0.390 e. The highest BCUT2D eigenvalue weighted by atomic mass is 19.3. The van der Waals surface area contributed by atoms with Crippen LogP contribution in [-0.2, 0) is 0 Å². The highest BCUT2D eigenvalue weighted by Crippen LogP contribution is 2.23. The zero-order chi connectivity index (χ0) is 16.0. The molecule has 21 heavy (non-hydrogen) atoms. The molecule has 0 unspecified atom stereocenters. The van der Waals surface area contributed by atoms with Crippen LogP contribution in [0.2, 0.25) is 0 Å². The molecule has 118 valence electrons. The van der Waals surface area contributed by atoms with Crippen LogP contribution in [0.25, 0.3) is 0 Å². The van der Waals surface area contributed by atoms with Gasteiger partial charge in [-0.05, 0) is 13.0 Å². The van der Waals surface area contributed by atoms with Gasteiger partial charge in [0.2, 0.25) is 6.43 Å². The molecule has 3 atom stereocenters. The molecule has 0 aliphatic carbocycles. The van der Waals surface area contributed by atoms with Gasteiger partial charge in [-0.3, -0.25) is 0 Å². The fourth-order valence-corrected chi connectivity index (χ4v) is 1.99. The number of likely N-dealkylation sites (tertiary alicyclic amines) is 1. The molecular formula is C14H20F2N2O3. The number of allylic oxidation sites excluding steroid dienone is 4. The van der Waals surface area contributed by atoms with E-state index in [1.165, 1.54) is 0 Å². The number of urea groups is 1. The Morgan fingerprint density at radius 3 is 2.62 bits per heavy atom. The normalized spacial score (nSPS) is 26.8. The number of aliphatic hydroxyl groups is 2. The van der Waals surface area contributed by atoms with Gasteiger partial charge in [-0.15, -0.1) is 0 Å². The third-order valence-corrected chi connectivity index (χ3v) is 3.15. The minimum atomic E-state index is -2.82. The zero-order valence-electron chi connectivity index (χ0n) is 11.7. The maximum absolute atomic E-state index is 12.8. The molecule has 1 aliphatic rings. The quantitative estimate of drug-likeness (QED) is 0.685. The number of nitrogens with zero attached hydrogens (tertiary/aromatic N) is 1. The lowest BCUT2D eigenvalue weighted by Gasteiger charge is -2.38. The van der Waals surface area contributed by atoms with Crippen molar-refractivity contribution < 1.29 is 23.8 Å². The summed E-state index contributed by atoms with van der Waals surface area (Å²) < 4.78 is 25.6. The topological polar surface area (TPSA) is 72.8 Å². The average molecular weight is 302 g/mol. The summed E-state index contributed by atoms with van der Waals surface area (Å²) in [6.45, 7) is 4.91. The fourth-order valence-electron chi connectivity index (χ4n) is 1.99. The van der Waals surface area contributed by atoms with Crippen molar-refractivity contribution in [3.8, 4) is 0 Å². The molecular weight excluding hydrogens is 282 g/mol. The number of carbonyl (C=O) groups excluding carboxylic acids is 1. The molecule has 1 fully saturated rings. The maximum atomic E-state index is 12.8. The van der Waals surface area contributed by atoms with E-state index in [2.05, 4.69) is 11.9 Å². The minimum absolute atomic E-state index is 0.206. The molecule has 0 radical (unpaired) electrons.